The number of hydrogen-bond acceptors (Lipinski definition) is 2. The van der Waals surface area contributed by atoms with Gasteiger partial charge in [-0.3, -0.25) is 9.69 Å². The highest BCUT2D eigenvalue weighted by atomic mass is 19.4. The first-order valence-electron chi connectivity index (χ1n) is 8.16. The second kappa shape index (κ2) is 6.51. The van der Waals surface area contributed by atoms with E-state index >= 15 is 0 Å². The third-order valence-electron chi connectivity index (χ3n) is 4.90. The van der Waals surface area contributed by atoms with E-state index < -0.39 is 11.7 Å². The van der Waals surface area contributed by atoms with E-state index in [2.05, 4.69) is 4.90 Å². The van der Waals surface area contributed by atoms with Crippen LogP contribution in [0.25, 0.3) is 0 Å². The number of benzene rings is 1. The van der Waals surface area contributed by atoms with Crippen LogP contribution >= 0.6 is 0 Å². The van der Waals surface area contributed by atoms with Crippen molar-refractivity contribution in [3.8, 4) is 0 Å². The van der Waals surface area contributed by atoms with Crippen molar-refractivity contribution in [1.29, 1.82) is 0 Å². The lowest BCUT2D eigenvalue weighted by molar-refractivity contribution is -0.137. The van der Waals surface area contributed by atoms with Gasteiger partial charge >= 0.3 is 6.18 Å². The summed E-state index contributed by atoms with van der Waals surface area (Å²) in [7, 11) is 0. The largest absolute Gasteiger partial charge is 0.416 e. The Balaban J connectivity index is 1.58. The van der Waals surface area contributed by atoms with Gasteiger partial charge < -0.3 is 4.90 Å². The third kappa shape index (κ3) is 3.68. The molecule has 0 N–H and O–H groups in total. The zero-order valence-electron chi connectivity index (χ0n) is 13.0. The maximum absolute atomic E-state index is 12.6. The fourth-order valence-corrected chi connectivity index (χ4v) is 3.54. The molecule has 1 aliphatic carbocycles. The number of carbonyl (C=O) groups is 1. The lowest BCUT2D eigenvalue weighted by Gasteiger charge is -2.38. The molecule has 0 atom stereocenters. The Kier molecular flexibility index (Phi) is 4.62. The lowest BCUT2D eigenvalue weighted by atomic mass is 10.1. The SMILES string of the molecule is O=C(c1ccc(C(F)(F)F)cc1)N1CCN(C2CCCC2)CC1. The van der Waals surface area contributed by atoms with E-state index in [1.165, 1.54) is 37.8 Å². The van der Waals surface area contributed by atoms with Gasteiger partial charge in [0.2, 0.25) is 0 Å². The molecular formula is C17H21F3N2O. The lowest BCUT2D eigenvalue weighted by Crippen LogP contribution is -2.51. The standard InChI is InChI=1S/C17H21F3N2O/c18-17(19,20)14-7-5-13(6-8-14)16(23)22-11-9-21(10-12-22)15-3-1-2-4-15/h5-8,15H,1-4,9-12H2. The van der Waals surface area contributed by atoms with Crippen molar-refractivity contribution >= 4 is 5.91 Å². The highest BCUT2D eigenvalue weighted by molar-refractivity contribution is 5.94. The van der Waals surface area contributed by atoms with E-state index in [9.17, 15) is 18.0 Å². The first-order valence-corrected chi connectivity index (χ1v) is 8.16. The monoisotopic (exact) mass is 326 g/mol. The molecule has 126 valence electrons. The summed E-state index contributed by atoms with van der Waals surface area (Å²) in [6.07, 6.45) is 0.693. The Hall–Kier alpha value is -1.56. The Morgan fingerprint density at radius 1 is 0.957 bits per heavy atom. The van der Waals surface area contributed by atoms with Gasteiger partial charge in [-0.1, -0.05) is 12.8 Å². The van der Waals surface area contributed by atoms with E-state index in [1.807, 2.05) is 0 Å². The molecule has 1 saturated carbocycles. The summed E-state index contributed by atoms with van der Waals surface area (Å²) >= 11 is 0. The topological polar surface area (TPSA) is 23.6 Å². The second-order valence-electron chi connectivity index (χ2n) is 6.34. The van der Waals surface area contributed by atoms with Gasteiger partial charge in [-0.2, -0.15) is 13.2 Å². The molecule has 1 saturated heterocycles. The van der Waals surface area contributed by atoms with Crippen molar-refractivity contribution in [2.45, 2.75) is 37.9 Å². The zero-order chi connectivity index (χ0) is 16.4. The summed E-state index contributed by atoms with van der Waals surface area (Å²) in [6.45, 7) is 3.01. The fraction of sp³-hybridized carbons (Fsp3) is 0.588. The van der Waals surface area contributed by atoms with Crippen LogP contribution in [0.2, 0.25) is 0 Å². The average Bonchev–Trinajstić information content (AvgIpc) is 3.08. The predicted octanol–water partition coefficient (Wildman–Crippen LogP) is 3.41. The highest BCUT2D eigenvalue weighted by Gasteiger charge is 2.31. The van der Waals surface area contributed by atoms with Gasteiger partial charge in [-0.05, 0) is 37.1 Å². The first kappa shape index (κ1) is 16.3. The van der Waals surface area contributed by atoms with Crippen molar-refractivity contribution in [3.63, 3.8) is 0 Å². The number of amides is 1. The molecule has 2 fully saturated rings. The van der Waals surface area contributed by atoms with Crippen molar-refractivity contribution < 1.29 is 18.0 Å². The van der Waals surface area contributed by atoms with Crippen LogP contribution in [-0.2, 0) is 6.18 Å². The van der Waals surface area contributed by atoms with Gasteiger partial charge in [-0.15, -0.1) is 0 Å². The minimum atomic E-state index is -4.37. The van der Waals surface area contributed by atoms with Crippen LogP contribution in [0, 0.1) is 0 Å². The van der Waals surface area contributed by atoms with E-state index in [0.29, 0.717) is 24.7 Å². The van der Waals surface area contributed by atoms with Crippen LogP contribution in [0.5, 0.6) is 0 Å². The molecule has 0 radical (unpaired) electrons. The van der Waals surface area contributed by atoms with Crippen LogP contribution in [-0.4, -0.2) is 47.9 Å². The summed E-state index contributed by atoms with van der Waals surface area (Å²) in [5.74, 6) is -0.176. The van der Waals surface area contributed by atoms with Gasteiger partial charge in [-0.25, -0.2) is 0 Å². The normalized spacial score (nSPS) is 20.9. The zero-order valence-corrected chi connectivity index (χ0v) is 13.0. The molecule has 6 heteroatoms. The number of piperazine rings is 1. The molecule has 1 heterocycles. The third-order valence-corrected chi connectivity index (χ3v) is 4.90. The van der Waals surface area contributed by atoms with E-state index in [1.54, 1.807) is 4.90 Å². The molecule has 3 nitrogen and oxygen atoms in total. The summed E-state index contributed by atoms with van der Waals surface area (Å²) in [4.78, 5) is 16.6. The van der Waals surface area contributed by atoms with Crippen LogP contribution < -0.4 is 0 Å². The molecule has 0 bridgehead atoms. The van der Waals surface area contributed by atoms with Gasteiger partial charge in [0.15, 0.2) is 0 Å². The second-order valence-corrected chi connectivity index (χ2v) is 6.34. The molecule has 1 aliphatic heterocycles. The van der Waals surface area contributed by atoms with Crippen LogP contribution in [0.1, 0.15) is 41.6 Å². The van der Waals surface area contributed by atoms with Crippen molar-refractivity contribution in [3.05, 3.63) is 35.4 Å². The minimum Gasteiger partial charge on any atom is -0.336 e. The summed E-state index contributed by atoms with van der Waals surface area (Å²) in [6, 6.07) is 5.14. The van der Waals surface area contributed by atoms with Gasteiger partial charge in [0.25, 0.3) is 5.91 Å². The molecule has 2 aliphatic rings. The number of nitrogens with zero attached hydrogens (tertiary/aromatic N) is 2. The fourth-order valence-electron chi connectivity index (χ4n) is 3.54. The Labute approximate surface area is 134 Å². The van der Waals surface area contributed by atoms with E-state index in [0.717, 1.165) is 25.2 Å². The Bertz CT molecular complexity index is 542. The number of carbonyl (C=O) groups excluding carboxylic acids is 1. The predicted molar refractivity (Wildman–Crippen MR) is 81.2 cm³/mol. The average molecular weight is 326 g/mol. The minimum absolute atomic E-state index is 0.176. The molecule has 23 heavy (non-hydrogen) atoms. The van der Waals surface area contributed by atoms with Crippen LogP contribution in [0.4, 0.5) is 13.2 Å². The number of hydrogen-bond donors (Lipinski definition) is 0. The van der Waals surface area contributed by atoms with E-state index in [4.69, 9.17) is 0 Å². The highest BCUT2D eigenvalue weighted by Crippen LogP contribution is 2.29. The van der Waals surface area contributed by atoms with Crippen LogP contribution in [0.3, 0.4) is 0 Å². The molecular weight excluding hydrogens is 305 g/mol. The molecule has 1 amide bonds. The Morgan fingerprint density at radius 2 is 1.52 bits per heavy atom. The maximum Gasteiger partial charge on any atom is 0.416 e. The molecule has 1 aromatic rings. The summed E-state index contributed by atoms with van der Waals surface area (Å²) in [5, 5.41) is 0. The number of alkyl halides is 3. The van der Waals surface area contributed by atoms with Crippen molar-refractivity contribution in [2.75, 3.05) is 26.2 Å². The molecule has 0 spiro atoms. The van der Waals surface area contributed by atoms with Crippen LogP contribution in [0.15, 0.2) is 24.3 Å². The van der Waals surface area contributed by atoms with Crippen molar-refractivity contribution in [2.24, 2.45) is 0 Å². The number of halogens is 3. The Morgan fingerprint density at radius 3 is 2.04 bits per heavy atom. The first-order chi connectivity index (χ1) is 10.9. The molecule has 0 unspecified atom stereocenters. The van der Waals surface area contributed by atoms with Crippen molar-refractivity contribution in [1.82, 2.24) is 9.80 Å². The summed E-state index contributed by atoms with van der Waals surface area (Å²) in [5.41, 5.74) is -0.396. The van der Waals surface area contributed by atoms with Gasteiger partial charge in [0.05, 0.1) is 5.56 Å². The maximum atomic E-state index is 12.6. The van der Waals surface area contributed by atoms with E-state index in [-0.39, 0.29) is 5.91 Å². The van der Waals surface area contributed by atoms with Gasteiger partial charge in [0, 0.05) is 37.8 Å². The molecule has 1 aromatic carbocycles. The molecule has 0 aromatic heterocycles. The quantitative estimate of drug-likeness (QED) is 0.831. The smallest absolute Gasteiger partial charge is 0.336 e. The summed E-state index contributed by atoms with van der Waals surface area (Å²) < 4.78 is 37.7. The molecule has 3 rings (SSSR count). The van der Waals surface area contributed by atoms with Gasteiger partial charge in [0.1, 0.15) is 0 Å². The number of rotatable bonds is 2.